The Morgan fingerprint density at radius 2 is 1.67 bits per heavy atom. The van der Waals surface area contributed by atoms with Gasteiger partial charge >= 0.3 is 5.97 Å². The van der Waals surface area contributed by atoms with Crippen molar-refractivity contribution in [2.75, 3.05) is 7.11 Å². The second-order valence-corrected chi connectivity index (χ2v) is 13.5. The number of carbonyl (C=O) groups is 1. The summed E-state index contributed by atoms with van der Waals surface area (Å²) in [7, 11) is -4.34. The van der Waals surface area contributed by atoms with Gasteiger partial charge < -0.3 is 9.16 Å². The smallest absolute Gasteiger partial charge is 0.318 e. The van der Waals surface area contributed by atoms with E-state index in [0.29, 0.717) is 0 Å². The molecule has 0 fully saturated rings. The standard InChI is InChI=1S/C20H32O5SSi/c1-7-27(8-2,9-3)25-17(4)20(5,19(21)24-6)15-16-26(22,23)18-13-11-10-12-14-18/h10-17H,7-9H2,1-6H3/b16-15+/t17-,20-/m1/s1. The van der Waals surface area contributed by atoms with Crippen LogP contribution in [0.25, 0.3) is 0 Å². The van der Waals surface area contributed by atoms with Crippen LogP contribution in [0.15, 0.2) is 46.7 Å². The Bertz CT molecular complexity index is 733. The lowest BCUT2D eigenvalue weighted by molar-refractivity contribution is -0.153. The van der Waals surface area contributed by atoms with Gasteiger partial charge in [-0.1, -0.05) is 45.0 Å². The predicted octanol–water partition coefficient (Wildman–Crippen LogP) is 4.56. The largest absolute Gasteiger partial charge is 0.468 e. The quantitative estimate of drug-likeness (QED) is 0.416. The van der Waals surface area contributed by atoms with Gasteiger partial charge in [-0.15, -0.1) is 0 Å². The fourth-order valence-electron chi connectivity index (χ4n) is 3.01. The van der Waals surface area contributed by atoms with Crippen LogP contribution >= 0.6 is 0 Å². The predicted molar refractivity (Wildman–Crippen MR) is 111 cm³/mol. The van der Waals surface area contributed by atoms with Gasteiger partial charge in [0.1, 0.15) is 5.41 Å². The minimum atomic E-state index is -3.66. The summed E-state index contributed by atoms with van der Waals surface area (Å²) in [5.74, 6) is -0.513. The summed E-state index contributed by atoms with van der Waals surface area (Å²) in [5, 5.41) is 1.09. The second kappa shape index (κ2) is 9.66. The van der Waals surface area contributed by atoms with Gasteiger partial charge in [-0.25, -0.2) is 8.42 Å². The zero-order chi connectivity index (χ0) is 20.7. The lowest BCUT2D eigenvalue weighted by Crippen LogP contribution is -2.47. The summed E-state index contributed by atoms with van der Waals surface area (Å²) in [5.41, 5.74) is -1.20. The molecule has 1 aromatic rings. The zero-order valence-corrected chi connectivity index (χ0v) is 19.0. The van der Waals surface area contributed by atoms with Crippen molar-refractivity contribution in [2.24, 2.45) is 5.41 Å². The van der Waals surface area contributed by atoms with Crippen LogP contribution < -0.4 is 0 Å². The number of benzene rings is 1. The highest BCUT2D eigenvalue weighted by Crippen LogP contribution is 2.34. The van der Waals surface area contributed by atoms with E-state index in [4.69, 9.17) is 9.16 Å². The van der Waals surface area contributed by atoms with E-state index >= 15 is 0 Å². The molecule has 0 N–H and O–H groups in total. The molecule has 152 valence electrons. The summed E-state index contributed by atoms with van der Waals surface area (Å²) < 4.78 is 36.6. The number of sulfone groups is 1. The van der Waals surface area contributed by atoms with Crippen molar-refractivity contribution in [3.63, 3.8) is 0 Å². The summed E-state index contributed by atoms with van der Waals surface area (Å²) in [4.78, 5) is 12.7. The van der Waals surface area contributed by atoms with E-state index in [9.17, 15) is 13.2 Å². The summed E-state index contributed by atoms with van der Waals surface area (Å²) in [6, 6.07) is 10.9. The topological polar surface area (TPSA) is 69.7 Å². The van der Waals surface area contributed by atoms with E-state index < -0.39 is 35.6 Å². The van der Waals surface area contributed by atoms with Crippen LogP contribution in [0.1, 0.15) is 34.6 Å². The molecule has 0 amide bonds. The molecule has 0 unspecified atom stereocenters. The number of rotatable bonds is 10. The minimum absolute atomic E-state index is 0.182. The van der Waals surface area contributed by atoms with Gasteiger partial charge in [-0.3, -0.25) is 4.79 Å². The summed E-state index contributed by atoms with van der Waals surface area (Å²) in [6.45, 7) is 9.81. The Balaban J connectivity index is 3.26. The maximum Gasteiger partial charge on any atom is 0.318 e. The molecule has 7 heteroatoms. The minimum Gasteiger partial charge on any atom is -0.468 e. The van der Waals surface area contributed by atoms with Crippen LogP contribution in [0.4, 0.5) is 0 Å². The molecule has 0 aromatic heterocycles. The van der Waals surface area contributed by atoms with E-state index in [1.54, 1.807) is 25.1 Å². The molecule has 1 rings (SSSR count). The van der Waals surface area contributed by atoms with E-state index in [1.165, 1.54) is 25.3 Å². The number of ether oxygens (including phenoxy) is 1. The monoisotopic (exact) mass is 412 g/mol. The highest BCUT2D eigenvalue weighted by molar-refractivity contribution is 7.94. The number of esters is 1. The molecule has 2 atom stereocenters. The lowest BCUT2D eigenvalue weighted by atomic mass is 9.85. The van der Waals surface area contributed by atoms with Crippen molar-refractivity contribution < 1.29 is 22.4 Å². The van der Waals surface area contributed by atoms with E-state index in [1.807, 2.05) is 6.92 Å². The third kappa shape index (κ3) is 5.52. The Hall–Kier alpha value is -1.44. The Labute approximate surface area is 164 Å². The van der Waals surface area contributed by atoms with E-state index in [0.717, 1.165) is 23.5 Å². The fraction of sp³-hybridized carbons (Fsp3) is 0.550. The molecular weight excluding hydrogens is 380 g/mol. The van der Waals surface area contributed by atoms with Gasteiger partial charge in [0.15, 0.2) is 18.2 Å². The van der Waals surface area contributed by atoms with Crippen LogP contribution in [0, 0.1) is 5.41 Å². The van der Waals surface area contributed by atoms with Crippen molar-refractivity contribution in [1.29, 1.82) is 0 Å². The SMILES string of the molecule is CC[Si](CC)(CC)O[C@H](C)[C@@](C)(/C=C/S(=O)(=O)c1ccccc1)C(=O)OC. The van der Waals surface area contributed by atoms with Crippen LogP contribution in [0.5, 0.6) is 0 Å². The number of hydrogen-bond acceptors (Lipinski definition) is 5. The molecule has 0 aliphatic heterocycles. The van der Waals surface area contributed by atoms with Crippen molar-refractivity contribution in [2.45, 2.75) is 63.8 Å². The van der Waals surface area contributed by atoms with Crippen LogP contribution in [0.2, 0.25) is 18.1 Å². The van der Waals surface area contributed by atoms with Crippen molar-refractivity contribution in [1.82, 2.24) is 0 Å². The zero-order valence-electron chi connectivity index (χ0n) is 17.2. The summed E-state index contributed by atoms with van der Waals surface area (Å²) in [6.07, 6.45) is 0.907. The van der Waals surface area contributed by atoms with Gasteiger partial charge in [0.05, 0.1) is 18.1 Å². The molecule has 27 heavy (non-hydrogen) atoms. The average molecular weight is 413 g/mol. The molecule has 0 aliphatic rings. The van der Waals surface area contributed by atoms with Crippen molar-refractivity contribution in [3.05, 3.63) is 41.8 Å². The third-order valence-electron chi connectivity index (χ3n) is 5.49. The van der Waals surface area contributed by atoms with Gasteiger partial charge in [0.2, 0.25) is 0 Å². The normalized spacial score (nSPS) is 16.1. The Kier molecular flexibility index (Phi) is 8.44. The van der Waals surface area contributed by atoms with Gasteiger partial charge in [-0.05, 0) is 44.1 Å². The van der Waals surface area contributed by atoms with Crippen LogP contribution in [0.3, 0.4) is 0 Å². The average Bonchev–Trinajstić information content (AvgIpc) is 2.70. The first-order valence-electron chi connectivity index (χ1n) is 9.36. The number of methoxy groups -OCH3 is 1. The molecule has 0 saturated heterocycles. The number of hydrogen-bond donors (Lipinski definition) is 0. The molecular formula is C20H32O5SSi. The first-order valence-corrected chi connectivity index (χ1v) is 13.4. The lowest BCUT2D eigenvalue weighted by Gasteiger charge is -2.38. The number of carbonyl (C=O) groups excluding carboxylic acids is 1. The van der Waals surface area contributed by atoms with E-state index in [2.05, 4.69) is 20.8 Å². The van der Waals surface area contributed by atoms with Crippen molar-refractivity contribution >= 4 is 24.1 Å². The van der Waals surface area contributed by atoms with Crippen LogP contribution in [-0.2, 0) is 23.8 Å². The van der Waals surface area contributed by atoms with Gasteiger partial charge in [0, 0.05) is 5.41 Å². The molecule has 0 radical (unpaired) electrons. The first-order chi connectivity index (χ1) is 12.6. The molecule has 1 aromatic carbocycles. The van der Waals surface area contributed by atoms with Gasteiger partial charge in [-0.2, -0.15) is 0 Å². The third-order valence-corrected chi connectivity index (χ3v) is 11.6. The molecule has 0 spiro atoms. The Morgan fingerprint density at radius 3 is 2.11 bits per heavy atom. The molecule has 0 bridgehead atoms. The second-order valence-electron chi connectivity index (χ2n) is 6.94. The highest BCUT2D eigenvalue weighted by Gasteiger charge is 2.43. The molecule has 0 saturated carbocycles. The Morgan fingerprint density at radius 1 is 1.15 bits per heavy atom. The van der Waals surface area contributed by atoms with E-state index in [-0.39, 0.29) is 4.90 Å². The van der Waals surface area contributed by atoms with Crippen molar-refractivity contribution in [3.8, 4) is 0 Å². The van der Waals surface area contributed by atoms with Gasteiger partial charge in [0.25, 0.3) is 0 Å². The molecule has 0 aliphatic carbocycles. The maximum atomic E-state index is 12.6. The summed E-state index contributed by atoms with van der Waals surface area (Å²) >= 11 is 0. The van der Waals surface area contributed by atoms with Crippen LogP contribution in [-0.4, -0.2) is 35.9 Å². The fourth-order valence-corrected chi connectivity index (χ4v) is 7.16. The molecule has 0 heterocycles. The first kappa shape index (κ1) is 23.6. The maximum absolute atomic E-state index is 12.6. The molecule has 5 nitrogen and oxygen atoms in total. The highest BCUT2D eigenvalue weighted by atomic mass is 32.2.